The summed E-state index contributed by atoms with van der Waals surface area (Å²) in [6.45, 7) is 0.255. The highest BCUT2D eigenvalue weighted by atomic mass is 19.1. The first-order chi connectivity index (χ1) is 19.5. The van der Waals surface area contributed by atoms with Crippen LogP contribution in [0.5, 0.6) is 17.2 Å². The topological polar surface area (TPSA) is 74.2 Å². The summed E-state index contributed by atoms with van der Waals surface area (Å²) in [7, 11) is 3.18. The summed E-state index contributed by atoms with van der Waals surface area (Å²) in [6, 6.07) is 28.8. The molecule has 4 aromatic rings. The minimum Gasteiger partial charge on any atom is -0.496 e. The second kappa shape index (κ2) is 12.2. The molecule has 40 heavy (non-hydrogen) atoms. The van der Waals surface area contributed by atoms with Crippen LogP contribution >= 0.6 is 0 Å². The number of rotatable bonds is 11. The summed E-state index contributed by atoms with van der Waals surface area (Å²) in [5, 5.41) is 10.3. The van der Waals surface area contributed by atoms with E-state index in [1.807, 2.05) is 72.8 Å². The van der Waals surface area contributed by atoms with Crippen molar-refractivity contribution >= 4 is 5.97 Å². The second-order valence-electron chi connectivity index (χ2n) is 9.73. The molecule has 0 radical (unpaired) electrons. The van der Waals surface area contributed by atoms with Gasteiger partial charge in [-0.3, -0.25) is 4.79 Å². The van der Waals surface area contributed by atoms with E-state index < -0.39 is 11.9 Å². The lowest BCUT2D eigenvalue weighted by Crippen LogP contribution is -2.49. The number of carboxylic acid groups (broad SMARTS) is 1. The summed E-state index contributed by atoms with van der Waals surface area (Å²) in [6.07, 6.45) is 0. The molecule has 0 saturated heterocycles. The van der Waals surface area contributed by atoms with Crippen molar-refractivity contribution in [2.45, 2.75) is 11.8 Å². The Bertz CT molecular complexity index is 1400. The highest BCUT2D eigenvalue weighted by Crippen LogP contribution is 2.60. The molecule has 4 atom stereocenters. The third kappa shape index (κ3) is 5.51. The Morgan fingerprint density at radius 2 is 1.38 bits per heavy atom. The fourth-order valence-electron chi connectivity index (χ4n) is 5.78. The Balaban J connectivity index is 1.36. The maximum absolute atomic E-state index is 13.3. The minimum atomic E-state index is -0.878. The Kier molecular flexibility index (Phi) is 8.31. The van der Waals surface area contributed by atoms with E-state index in [-0.39, 0.29) is 37.0 Å². The second-order valence-corrected chi connectivity index (χ2v) is 9.73. The first-order valence-corrected chi connectivity index (χ1v) is 13.1. The normalized spacial score (nSPS) is 19.9. The summed E-state index contributed by atoms with van der Waals surface area (Å²) in [5.41, 5.74) is 3.45. The van der Waals surface area contributed by atoms with Gasteiger partial charge in [-0.05, 0) is 64.6 Å². The molecule has 1 fully saturated rings. The van der Waals surface area contributed by atoms with E-state index in [2.05, 4.69) is 0 Å². The molecule has 7 heteroatoms. The Morgan fingerprint density at radius 1 is 0.775 bits per heavy atom. The van der Waals surface area contributed by atoms with E-state index in [0.717, 1.165) is 22.3 Å². The highest BCUT2D eigenvalue weighted by molar-refractivity contribution is 5.76. The van der Waals surface area contributed by atoms with Gasteiger partial charge in [0.15, 0.2) is 6.79 Å². The molecule has 206 valence electrons. The van der Waals surface area contributed by atoms with Gasteiger partial charge in [0, 0.05) is 11.8 Å². The van der Waals surface area contributed by atoms with Crippen LogP contribution in [0.25, 0.3) is 11.1 Å². The van der Waals surface area contributed by atoms with Gasteiger partial charge in [0.05, 0.1) is 26.7 Å². The van der Waals surface area contributed by atoms with E-state index in [0.29, 0.717) is 17.2 Å². The van der Waals surface area contributed by atoms with Crippen LogP contribution < -0.4 is 14.2 Å². The SMILES string of the molecule is COc1ccccc1C1[C@H](COCOc2cccc(-c3ccc(F)cc3)c2)[C@H](c2ccccc2OC)[C@H]1C(=O)O. The van der Waals surface area contributed by atoms with Crippen LogP contribution in [-0.2, 0) is 9.53 Å². The summed E-state index contributed by atoms with van der Waals surface area (Å²) in [4.78, 5) is 12.6. The molecule has 0 heterocycles. The molecule has 1 aliphatic carbocycles. The third-order valence-electron chi connectivity index (χ3n) is 7.61. The quantitative estimate of drug-likeness (QED) is 0.167. The van der Waals surface area contributed by atoms with Crippen molar-refractivity contribution < 1.29 is 33.2 Å². The molecular weight excluding hydrogens is 511 g/mol. The smallest absolute Gasteiger partial charge is 0.307 e. The van der Waals surface area contributed by atoms with Crippen molar-refractivity contribution in [1.29, 1.82) is 0 Å². The highest BCUT2D eigenvalue weighted by Gasteiger charge is 2.56. The number of carboxylic acids is 1. The number of para-hydroxylation sites is 2. The van der Waals surface area contributed by atoms with Gasteiger partial charge in [-0.15, -0.1) is 0 Å². The lowest BCUT2D eigenvalue weighted by Gasteiger charge is -2.50. The zero-order valence-electron chi connectivity index (χ0n) is 22.3. The number of carbonyl (C=O) groups is 1. The largest absolute Gasteiger partial charge is 0.496 e. The number of hydrogen-bond acceptors (Lipinski definition) is 5. The van der Waals surface area contributed by atoms with Crippen molar-refractivity contribution in [3.8, 4) is 28.4 Å². The number of halogens is 1. The average Bonchev–Trinajstić information content (AvgIpc) is 2.97. The fraction of sp³-hybridized carbons (Fsp3) is 0.242. The molecule has 6 nitrogen and oxygen atoms in total. The molecule has 5 rings (SSSR count). The number of methoxy groups -OCH3 is 2. The third-order valence-corrected chi connectivity index (χ3v) is 7.61. The van der Waals surface area contributed by atoms with Crippen LogP contribution in [0, 0.1) is 17.7 Å². The van der Waals surface area contributed by atoms with Gasteiger partial charge in [0.25, 0.3) is 0 Å². The first-order valence-electron chi connectivity index (χ1n) is 13.1. The van der Waals surface area contributed by atoms with E-state index in [9.17, 15) is 14.3 Å². The predicted octanol–water partition coefficient (Wildman–Crippen LogP) is 6.76. The van der Waals surface area contributed by atoms with Crippen LogP contribution in [0.4, 0.5) is 4.39 Å². The van der Waals surface area contributed by atoms with E-state index in [1.165, 1.54) is 12.1 Å². The van der Waals surface area contributed by atoms with Crippen LogP contribution in [0.3, 0.4) is 0 Å². The molecule has 0 amide bonds. The maximum Gasteiger partial charge on any atom is 0.307 e. The van der Waals surface area contributed by atoms with Crippen LogP contribution in [0.15, 0.2) is 97.1 Å². The monoisotopic (exact) mass is 542 g/mol. The van der Waals surface area contributed by atoms with Crippen molar-refractivity contribution in [2.24, 2.45) is 11.8 Å². The first kappa shape index (κ1) is 27.2. The fourth-order valence-corrected chi connectivity index (χ4v) is 5.78. The number of ether oxygens (including phenoxy) is 4. The van der Waals surface area contributed by atoms with Crippen molar-refractivity contribution in [3.05, 3.63) is 114 Å². The van der Waals surface area contributed by atoms with Crippen molar-refractivity contribution in [1.82, 2.24) is 0 Å². The van der Waals surface area contributed by atoms with Gasteiger partial charge in [-0.2, -0.15) is 0 Å². The van der Waals surface area contributed by atoms with Crippen molar-refractivity contribution in [2.75, 3.05) is 27.6 Å². The summed E-state index contributed by atoms with van der Waals surface area (Å²) >= 11 is 0. The molecule has 0 spiro atoms. The van der Waals surface area contributed by atoms with Crippen molar-refractivity contribution in [3.63, 3.8) is 0 Å². The molecule has 4 aromatic carbocycles. The Labute approximate surface area is 232 Å². The molecule has 1 N–H and O–H groups in total. The molecular formula is C33H31FO6. The maximum atomic E-state index is 13.3. The number of aliphatic carboxylic acids is 1. The summed E-state index contributed by atoms with van der Waals surface area (Å²) in [5.74, 6) is -0.762. The van der Waals surface area contributed by atoms with Crippen LogP contribution in [0.1, 0.15) is 23.0 Å². The Hall–Kier alpha value is -4.36. The number of hydrogen-bond donors (Lipinski definition) is 1. The van der Waals surface area contributed by atoms with Crippen LogP contribution in [-0.4, -0.2) is 38.7 Å². The van der Waals surface area contributed by atoms with Gasteiger partial charge >= 0.3 is 5.97 Å². The average molecular weight is 543 g/mol. The predicted molar refractivity (Wildman–Crippen MR) is 149 cm³/mol. The molecule has 0 aliphatic heterocycles. The van der Waals surface area contributed by atoms with E-state index >= 15 is 0 Å². The van der Waals surface area contributed by atoms with Gasteiger partial charge in [0.1, 0.15) is 23.1 Å². The Morgan fingerprint density at radius 3 is 1.95 bits per heavy atom. The number of benzene rings is 4. The van der Waals surface area contributed by atoms with Gasteiger partial charge in [0.2, 0.25) is 0 Å². The lowest BCUT2D eigenvalue weighted by molar-refractivity contribution is -0.152. The lowest BCUT2D eigenvalue weighted by atomic mass is 9.52. The standard InChI is InChI=1S/C33H31FO6/c1-37-28-12-5-3-10-25(28)30-27(31(32(30)33(35)36)26-11-4-6-13-29(26)38-2)19-39-20-40-24-9-7-8-22(18-24)21-14-16-23(34)17-15-21/h3-18,27,30-32H,19-20H2,1-2H3,(H,35,36)/t27-,30+,31?,32-/m1/s1. The van der Waals surface area contributed by atoms with E-state index in [1.54, 1.807) is 26.4 Å². The molecule has 0 aromatic heterocycles. The zero-order chi connectivity index (χ0) is 28.1. The zero-order valence-corrected chi connectivity index (χ0v) is 22.3. The summed E-state index contributed by atoms with van der Waals surface area (Å²) < 4.78 is 36.4. The molecule has 1 saturated carbocycles. The van der Waals surface area contributed by atoms with Crippen LogP contribution in [0.2, 0.25) is 0 Å². The molecule has 1 unspecified atom stereocenters. The van der Waals surface area contributed by atoms with E-state index in [4.69, 9.17) is 18.9 Å². The van der Waals surface area contributed by atoms with Gasteiger partial charge in [-0.1, -0.05) is 60.7 Å². The molecule has 1 aliphatic rings. The minimum absolute atomic E-state index is 0.0155. The van der Waals surface area contributed by atoms with Gasteiger partial charge in [-0.25, -0.2) is 4.39 Å². The molecule has 0 bridgehead atoms. The van der Waals surface area contributed by atoms with Gasteiger partial charge < -0.3 is 24.1 Å².